The number of nitrogens with zero attached hydrogens (tertiary/aromatic N) is 1. The molecule has 1 aromatic heterocycles. The zero-order valence-electron chi connectivity index (χ0n) is 13.4. The Morgan fingerprint density at radius 3 is 2.54 bits per heavy atom. The minimum atomic E-state index is -4.39. The minimum Gasteiger partial charge on any atom is -0.266 e. The van der Waals surface area contributed by atoms with Crippen LogP contribution in [0.2, 0.25) is 5.02 Å². The fourth-order valence-corrected chi connectivity index (χ4v) is 3.80. The highest BCUT2D eigenvalue weighted by molar-refractivity contribution is 7.21. The number of thiophene rings is 1. The van der Waals surface area contributed by atoms with Gasteiger partial charge in [-0.15, -0.1) is 11.3 Å². The highest BCUT2D eigenvalue weighted by atomic mass is 35.5. The Kier molecular flexibility index (Phi) is 5.02. The zero-order valence-corrected chi connectivity index (χ0v) is 15.0. The molecule has 0 aliphatic rings. The summed E-state index contributed by atoms with van der Waals surface area (Å²) in [5.74, 6) is -0.475. The maximum atomic E-state index is 12.5. The van der Waals surface area contributed by atoms with E-state index in [0.717, 1.165) is 27.8 Å². The van der Waals surface area contributed by atoms with E-state index in [1.165, 1.54) is 29.7 Å². The summed E-state index contributed by atoms with van der Waals surface area (Å²) < 4.78 is 38.4. The molecule has 0 fully saturated rings. The van der Waals surface area contributed by atoms with Gasteiger partial charge in [-0.05, 0) is 36.2 Å². The summed E-state index contributed by atoms with van der Waals surface area (Å²) >= 11 is 7.51. The second kappa shape index (κ2) is 7.09. The Balaban J connectivity index is 1.72. The number of fused-ring (bicyclic) bond motifs is 1. The van der Waals surface area contributed by atoms with Crippen LogP contribution in [0, 0.1) is 6.92 Å². The maximum absolute atomic E-state index is 12.5. The first kappa shape index (κ1) is 18.4. The van der Waals surface area contributed by atoms with Gasteiger partial charge in [0.1, 0.15) is 4.88 Å². The van der Waals surface area contributed by atoms with Gasteiger partial charge in [-0.1, -0.05) is 35.9 Å². The molecule has 1 N–H and O–H groups in total. The van der Waals surface area contributed by atoms with Gasteiger partial charge in [0.25, 0.3) is 5.91 Å². The van der Waals surface area contributed by atoms with E-state index in [0.29, 0.717) is 15.5 Å². The molecule has 2 aromatic carbocycles. The zero-order chi connectivity index (χ0) is 18.9. The van der Waals surface area contributed by atoms with Crippen LogP contribution in [0.3, 0.4) is 0 Å². The third-order valence-electron chi connectivity index (χ3n) is 3.61. The summed E-state index contributed by atoms with van der Waals surface area (Å²) in [5.41, 5.74) is 3.08. The van der Waals surface area contributed by atoms with E-state index in [2.05, 4.69) is 10.5 Å². The molecule has 8 heteroatoms. The van der Waals surface area contributed by atoms with Crippen molar-refractivity contribution in [2.45, 2.75) is 13.1 Å². The smallest absolute Gasteiger partial charge is 0.266 e. The second-order valence-corrected chi connectivity index (χ2v) is 6.99. The van der Waals surface area contributed by atoms with Crippen LogP contribution in [0.1, 0.15) is 26.4 Å². The summed E-state index contributed by atoms with van der Waals surface area (Å²) in [5, 5.41) is 4.93. The molecule has 3 aromatic rings. The Morgan fingerprint density at radius 2 is 1.88 bits per heavy atom. The molecule has 0 spiro atoms. The highest BCUT2D eigenvalue weighted by Gasteiger charge is 2.29. The van der Waals surface area contributed by atoms with Gasteiger partial charge >= 0.3 is 6.18 Å². The van der Waals surface area contributed by atoms with E-state index in [1.54, 1.807) is 0 Å². The number of hydrogen-bond donors (Lipinski definition) is 1. The van der Waals surface area contributed by atoms with Crippen molar-refractivity contribution in [1.82, 2.24) is 5.43 Å². The van der Waals surface area contributed by atoms with Crippen molar-refractivity contribution in [1.29, 1.82) is 0 Å². The first-order valence-electron chi connectivity index (χ1n) is 7.45. The summed E-state index contributed by atoms with van der Waals surface area (Å²) in [6.45, 7) is 1.95. The molecule has 3 rings (SSSR count). The SMILES string of the molecule is Cc1ccc2c(Cl)c(C(=O)NN=Cc3ccc(C(F)(F)F)cc3)sc2c1. The minimum absolute atomic E-state index is 0.330. The lowest BCUT2D eigenvalue weighted by molar-refractivity contribution is -0.137. The lowest BCUT2D eigenvalue weighted by Crippen LogP contribution is -2.16. The van der Waals surface area contributed by atoms with Crippen molar-refractivity contribution in [2.24, 2.45) is 5.10 Å². The van der Waals surface area contributed by atoms with Crippen molar-refractivity contribution in [2.75, 3.05) is 0 Å². The number of carbonyl (C=O) groups excluding carboxylic acids is 1. The Hall–Kier alpha value is -2.38. The monoisotopic (exact) mass is 396 g/mol. The molecule has 0 unspecified atom stereocenters. The average Bonchev–Trinajstić information content (AvgIpc) is 2.90. The number of carbonyl (C=O) groups is 1. The fraction of sp³-hybridized carbons (Fsp3) is 0.111. The lowest BCUT2D eigenvalue weighted by atomic mass is 10.1. The van der Waals surface area contributed by atoms with Gasteiger partial charge in [-0.25, -0.2) is 5.43 Å². The lowest BCUT2D eigenvalue weighted by Gasteiger charge is -2.05. The van der Waals surface area contributed by atoms with Crippen LogP contribution in [-0.2, 0) is 6.18 Å². The topological polar surface area (TPSA) is 41.5 Å². The quantitative estimate of drug-likeness (QED) is 0.451. The summed E-state index contributed by atoms with van der Waals surface area (Å²) in [4.78, 5) is 12.6. The van der Waals surface area contributed by atoms with Gasteiger partial charge in [-0.2, -0.15) is 18.3 Å². The molecule has 0 aliphatic heterocycles. The molecule has 1 amide bonds. The van der Waals surface area contributed by atoms with E-state index in [4.69, 9.17) is 11.6 Å². The number of halogens is 4. The van der Waals surface area contributed by atoms with E-state index in [-0.39, 0.29) is 0 Å². The number of rotatable bonds is 3. The van der Waals surface area contributed by atoms with Gasteiger partial charge in [0.15, 0.2) is 0 Å². The standard InChI is InChI=1S/C18H12ClF3N2OS/c1-10-2-7-13-14(8-10)26-16(15(13)19)17(25)24-23-9-11-3-5-12(6-4-11)18(20,21)22/h2-9H,1H3,(H,24,25). The molecular weight excluding hydrogens is 385 g/mol. The Bertz CT molecular complexity index is 994. The molecule has 3 nitrogen and oxygen atoms in total. The molecular formula is C18H12ClF3N2OS. The largest absolute Gasteiger partial charge is 0.416 e. The number of alkyl halides is 3. The number of hydrazone groups is 1. The number of nitrogens with one attached hydrogen (secondary N) is 1. The third-order valence-corrected chi connectivity index (χ3v) is 5.26. The summed E-state index contributed by atoms with van der Waals surface area (Å²) in [7, 11) is 0. The van der Waals surface area contributed by atoms with Crippen LogP contribution in [0.15, 0.2) is 47.6 Å². The van der Waals surface area contributed by atoms with Crippen molar-refractivity contribution in [3.8, 4) is 0 Å². The first-order valence-corrected chi connectivity index (χ1v) is 8.64. The van der Waals surface area contributed by atoms with Crippen LogP contribution in [0.4, 0.5) is 13.2 Å². The van der Waals surface area contributed by atoms with E-state index < -0.39 is 17.6 Å². The second-order valence-electron chi connectivity index (χ2n) is 5.56. The van der Waals surface area contributed by atoms with Gasteiger partial charge in [0, 0.05) is 10.1 Å². The van der Waals surface area contributed by atoms with Crippen LogP contribution in [0.25, 0.3) is 10.1 Å². The van der Waals surface area contributed by atoms with E-state index >= 15 is 0 Å². The summed E-state index contributed by atoms with van der Waals surface area (Å²) in [6.07, 6.45) is -3.12. The van der Waals surface area contributed by atoms with E-state index in [1.807, 2.05) is 25.1 Å². The van der Waals surface area contributed by atoms with Crippen molar-refractivity contribution in [3.05, 3.63) is 69.1 Å². The Morgan fingerprint density at radius 1 is 1.19 bits per heavy atom. The highest BCUT2D eigenvalue weighted by Crippen LogP contribution is 2.35. The number of hydrogen-bond acceptors (Lipinski definition) is 3. The van der Waals surface area contributed by atoms with Crippen LogP contribution in [0.5, 0.6) is 0 Å². The Labute approximate surface area is 156 Å². The normalized spacial score (nSPS) is 12.0. The summed E-state index contributed by atoms with van der Waals surface area (Å²) in [6, 6.07) is 10.1. The molecule has 1 heterocycles. The molecule has 26 heavy (non-hydrogen) atoms. The van der Waals surface area contributed by atoms with Crippen LogP contribution < -0.4 is 5.43 Å². The predicted octanol–water partition coefficient (Wildman–Crippen LogP) is 5.65. The molecule has 0 saturated heterocycles. The molecule has 134 valence electrons. The third kappa shape index (κ3) is 3.89. The molecule has 0 bridgehead atoms. The van der Waals surface area contributed by atoms with E-state index in [9.17, 15) is 18.0 Å². The van der Waals surface area contributed by atoms with Gasteiger partial charge in [0.05, 0.1) is 16.8 Å². The van der Waals surface area contributed by atoms with Crippen LogP contribution >= 0.6 is 22.9 Å². The number of benzene rings is 2. The van der Waals surface area contributed by atoms with Gasteiger partial charge in [-0.3, -0.25) is 4.79 Å². The fourth-order valence-electron chi connectivity index (χ4n) is 2.29. The predicted molar refractivity (Wildman–Crippen MR) is 98.1 cm³/mol. The molecule has 0 saturated carbocycles. The van der Waals surface area contributed by atoms with Gasteiger partial charge in [0.2, 0.25) is 0 Å². The van der Waals surface area contributed by atoms with Crippen molar-refractivity contribution < 1.29 is 18.0 Å². The molecule has 0 radical (unpaired) electrons. The van der Waals surface area contributed by atoms with Crippen molar-refractivity contribution >= 4 is 45.1 Å². The average molecular weight is 397 g/mol. The number of amides is 1. The maximum Gasteiger partial charge on any atom is 0.416 e. The van der Waals surface area contributed by atoms with Crippen molar-refractivity contribution in [3.63, 3.8) is 0 Å². The molecule has 0 atom stereocenters. The van der Waals surface area contributed by atoms with Crippen LogP contribution in [-0.4, -0.2) is 12.1 Å². The molecule has 0 aliphatic carbocycles. The van der Waals surface area contributed by atoms with Gasteiger partial charge < -0.3 is 0 Å². The number of aryl methyl sites for hydroxylation is 1. The first-order chi connectivity index (χ1) is 12.3.